The van der Waals surface area contributed by atoms with Gasteiger partial charge in [-0.3, -0.25) is 25.1 Å². The SMILES string of the molecule is COc1cc(/C=C2/C(=O)NN(c3ccccc3)C2=O)cc([N+](=O)[O-])c1OCc1cccc(C)c1. The molecule has 0 aromatic heterocycles. The molecule has 0 unspecified atom stereocenters. The van der Waals surface area contributed by atoms with Crippen molar-refractivity contribution in [1.82, 2.24) is 5.43 Å². The third-order valence-corrected chi connectivity index (χ3v) is 5.16. The zero-order valence-corrected chi connectivity index (χ0v) is 18.5. The molecule has 1 fully saturated rings. The van der Waals surface area contributed by atoms with Crippen molar-refractivity contribution in [3.63, 3.8) is 0 Å². The average Bonchev–Trinajstić information content (AvgIpc) is 3.11. The van der Waals surface area contributed by atoms with E-state index in [1.807, 2.05) is 31.2 Å². The monoisotopic (exact) mass is 459 g/mol. The summed E-state index contributed by atoms with van der Waals surface area (Å²) in [6.45, 7) is 2.04. The van der Waals surface area contributed by atoms with Gasteiger partial charge in [0.25, 0.3) is 11.8 Å². The minimum absolute atomic E-state index is 0.0377. The fourth-order valence-electron chi connectivity index (χ4n) is 3.56. The number of nitrogens with zero attached hydrogens (tertiary/aromatic N) is 2. The fourth-order valence-corrected chi connectivity index (χ4v) is 3.56. The molecule has 1 heterocycles. The minimum atomic E-state index is -0.616. The van der Waals surface area contributed by atoms with Crippen LogP contribution in [-0.4, -0.2) is 23.8 Å². The van der Waals surface area contributed by atoms with Gasteiger partial charge in [-0.15, -0.1) is 0 Å². The van der Waals surface area contributed by atoms with Crippen LogP contribution < -0.4 is 19.9 Å². The molecule has 3 aromatic rings. The molecule has 1 aliphatic rings. The Morgan fingerprint density at radius 3 is 2.50 bits per heavy atom. The molecule has 1 N–H and O–H groups in total. The van der Waals surface area contributed by atoms with Gasteiger partial charge in [0.2, 0.25) is 5.75 Å². The van der Waals surface area contributed by atoms with E-state index in [9.17, 15) is 19.7 Å². The van der Waals surface area contributed by atoms with Gasteiger partial charge in [0.1, 0.15) is 12.2 Å². The van der Waals surface area contributed by atoms with Crippen LogP contribution in [0.25, 0.3) is 6.08 Å². The van der Waals surface area contributed by atoms with E-state index in [0.717, 1.165) is 16.1 Å². The summed E-state index contributed by atoms with van der Waals surface area (Å²) in [5.41, 5.74) is 4.62. The van der Waals surface area contributed by atoms with E-state index in [-0.39, 0.29) is 34.9 Å². The third-order valence-electron chi connectivity index (χ3n) is 5.16. The molecule has 172 valence electrons. The second-order valence-electron chi connectivity index (χ2n) is 7.58. The Kier molecular flexibility index (Phi) is 6.26. The summed E-state index contributed by atoms with van der Waals surface area (Å²) >= 11 is 0. The lowest BCUT2D eigenvalue weighted by atomic mass is 10.1. The van der Waals surface area contributed by atoms with Gasteiger partial charge < -0.3 is 9.47 Å². The van der Waals surface area contributed by atoms with Crippen molar-refractivity contribution in [3.8, 4) is 11.5 Å². The number of carbonyl (C=O) groups is 2. The summed E-state index contributed by atoms with van der Waals surface area (Å²) in [5, 5.41) is 12.9. The Morgan fingerprint density at radius 2 is 1.82 bits per heavy atom. The molecule has 0 atom stereocenters. The summed E-state index contributed by atoms with van der Waals surface area (Å²) in [6, 6.07) is 18.9. The summed E-state index contributed by atoms with van der Waals surface area (Å²) in [6.07, 6.45) is 1.29. The van der Waals surface area contributed by atoms with Crippen LogP contribution in [0.3, 0.4) is 0 Å². The number of methoxy groups -OCH3 is 1. The molecule has 4 rings (SSSR count). The number of nitrogens with one attached hydrogen (secondary N) is 1. The van der Waals surface area contributed by atoms with Gasteiger partial charge in [0.15, 0.2) is 5.75 Å². The quantitative estimate of drug-likeness (QED) is 0.248. The van der Waals surface area contributed by atoms with Crippen molar-refractivity contribution in [2.75, 3.05) is 12.1 Å². The van der Waals surface area contributed by atoms with Gasteiger partial charge in [0, 0.05) is 6.07 Å². The number of hydrogen-bond acceptors (Lipinski definition) is 6. The molecule has 1 saturated heterocycles. The molecule has 0 spiro atoms. The van der Waals surface area contributed by atoms with Crippen molar-refractivity contribution in [2.24, 2.45) is 0 Å². The Balaban J connectivity index is 1.67. The summed E-state index contributed by atoms with van der Waals surface area (Å²) < 4.78 is 11.1. The van der Waals surface area contributed by atoms with Crippen LogP contribution in [0.1, 0.15) is 16.7 Å². The van der Waals surface area contributed by atoms with E-state index in [1.54, 1.807) is 30.3 Å². The first-order valence-corrected chi connectivity index (χ1v) is 10.3. The predicted molar refractivity (Wildman–Crippen MR) is 125 cm³/mol. The number of anilines is 1. The largest absolute Gasteiger partial charge is 0.493 e. The second-order valence-corrected chi connectivity index (χ2v) is 7.58. The number of rotatable bonds is 7. The molecule has 2 amide bonds. The Labute approximate surface area is 195 Å². The molecule has 0 radical (unpaired) electrons. The maximum atomic E-state index is 12.8. The normalized spacial score (nSPS) is 14.3. The number of hydrazine groups is 1. The number of nitro groups is 1. The molecular formula is C25H21N3O6. The summed E-state index contributed by atoms with van der Waals surface area (Å²) in [5.74, 6) is -1.11. The van der Waals surface area contributed by atoms with Crippen molar-refractivity contribution < 1.29 is 24.0 Å². The first-order valence-electron chi connectivity index (χ1n) is 10.3. The predicted octanol–water partition coefficient (Wildman–Crippen LogP) is 3.95. The Bertz CT molecular complexity index is 1300. The lowest BCUT2D eigenvalue weighted by Crippen LogP contribution is -2.35. The smallest absolute Gasteiger partial charge is 0.315 e. The van der Waals surface area contributed by atoms with Gasteiger partial charge in [-0.25, -0.2) is 5.01 Å². The van der Waals surface area contributed by atoms with Crippen molar-refractivity contribution in [1.29, 1.82) is 0 Å². The zero-order valence-electron chi connectivity index (χ0n) is 18.5. The van der Waals surface area contributed by atoms with Gasteiger partial charge in [-0.1, -0.05) is 48.0 Å². The van der Waals surface area contributed by atoms with Crippen LogP contribution in [0.2, 0.25) is 0 Å². The molecule has 3 aromatic carbocycles. The van der Waals surface area contributed by atoms with E-state index in [1.165, 1.54) is 25.3 Å². The van der Waals surface area contributed by atoms with Gasteiger partial charge >= 0.3 is 5.69 Å². The number of aryl methyl sites for hydroxylation is 1. The zero-order chi connectivity index (χ0) is 24.2. The first-order chi connectivity index (χ1) is 16.4. The highest BCUT2D eigenvalue weighted by molar-refractivity contribution is 6.31. The summed E-state index contributed by atoms with van der Waals surface area (Å²) in [4.78, 5) is 36.5. The number of para-hydroxylation sites is 1. The second kappa shape index (κ2) is 9.45. The fraction of sp³-hybridized carbons (Fsp3) is 0.120. The first kappa shape index (κ1) is 22.5. The lowest BCUT2D eigenvalue weighted by molar-refractivity contribution is -0.386. The van der Waals surface area contributed by atoms with Gasteiger partial charge in [-0.2, -0.15) is 0 Å². The molecule has 9 heteroatoms. The van der Waals surface area contributed by atoms with Crippen LogP contribution >= 0.6 is 0 Å². The maximum Gasteiger partial charge on any atom is 0.315 e. The maximum absolute atomic E-state index is 12.8. The average molecular weight is 459 g/mol. The topological polar surface area (TPSA) is 111 Å². The number of benzene rings is 3. The highest BCUT2D eigenvalue weighted by atomic mass is 16.6. The highest BCUT2D eigenvalue weighted by Gasteiger charge is 2.34. The molecule has 34 heavy (non-hydrogen) atoms. The van der Waals surface area contributed by atoms with Crippen LogP contribution in [-0.2, 0) is 16.2 Å². The number of ether oxygens (including phenoxy) is 2. The van der Waals surface area contributed by atoms with Crippen molar-refractivity contribution in [3.05, 3.63) is 99.1 Å². The van der Waals surface area contributed by atoms with Crippen molar-refractivity contribution >= 4 is 29.3 Å². The van der Waals surface area contributed by atoms with E-state index >= 15 is 0 Å². The number of carbonyl (C=O) groups excluding carboxylic acids is 2. The number of amides is 2. The van der Waals surface area contributed by atoms with E-state index in [4.69, 9.17) is 9.47 Å². The number of hydrogen-bond donors (Lipinski definition) is 1. The van der Waals surface area contributed by atoms with E-state index in [2.05, 4.69) is 5.43 Å². The molecule has 0 aliphatic carbocycles. The summed E-state index contributed by atoms with van der Waals surface area (Å²) in [7, 11) is 1.36. The van der Waals surface area contributed by atoms with E-state index in [0.29, 0.717) is 5.69 Å². The molecular weight excluding hydrogens is 438 g/mol. The number of nitro benzene ring substituents is 1. The third kappa shape index (κ3) is 4.58. The van der Waals surface area contributed by atoms with Crippen LogP contribution in [0.5, 0.6) is 11.5 Å². The Hall–Kier alpha value is -4.66. The standard InChI is InChI=1S/C25H21N3O6/c1-16-7-6-8-17(11-16)15-34-23-21(28(31)32)13-18(14-22(23)33-2)12-20-24(29)26-27(25(20)30)19-9-4-3-5-10-19/h3-14H,15H2,1-2H3,(H,26,29)/b20-12-. The van der Waals surface area contributed by atoms with Crippen LogP contribution in [0.4, 0.5) is 11.4 Å². The van der Waals surface area contributed by atoms with Gasteiger partial charge in [-0.05, 0) is 42.3 Å². The lowest BCUT2D eigenvalue weighted by Gasteiger charge is -2.14. The Morgan fingerprint density at radius 1 is 1.06 bits per heavy atom. The van der Waals surface area contributed by atoms with Crippen LogP contribution in [0.15, 0.2) is 72.3 Å². The van der Waals surface area contributed by atoms with Gasteiger partial charge in [0.05, 0.1) is 17.7 Å². The molecule has 1 aliphatic heterocycles. The van der Waals surface area contributed by atoms with Crippen LogP contribution in [0, 0.1) is 17.0 Å². The highest BCUT2D eigenvalue weighted by Crippen LogP contribution is 2.39. The molecule has 0 bridgehead atoms. The minimum Gasteiger partial charge on any atom is -0.493 e. The van der Waals surface area contributed by atoms with E-state index < -0.39 is 16.7 Å². The van der Waals surface area contributed by atoms with Crippen molar-refractivity contribution in [2.45, 2.75) is 13.5 Å². The molecule has 0 saturated carbocycles. The molecule has 9 nitrogen and oxygen atoms in total.